The maximum absolute atomic E-state index is 11.3. The fourth-order valence-corrected chi connectivity index (χ4v) is 2.83. The summed E-state index contributed by atoms with van der Waals surface area (Å²) in [7, 11) is 0. The van der Waals surface area contributed by atoms with E-state index in [-0.39, 0.29) is 6.54 Å². The third kappa shape index (κ3) is 23.1. The summed E-state index contributed by atoms with van der Waals surface area (Å²) in [6, 6.07) is 0. The Kier molecular flexibility index (Phi) is 17.8. The zero-order valence-corrected chi connectivity index (χ0v) is 17.7. The molecule has 0 aliphatic heterocycles. The number of aliphatic hydroxyl groups is 2. The highest BCUT2D eigenvalue weighted by molar-refractivity contribution is 5.71. The molecule has 0 fully saturated rings. The van der Waals surface area contributed by atoms with Gasteiger partial charge in [-0.15, -0.1) is 0 Å². The van der Waals surface area contributed by atoms with E-state index >= 15 is 0 Å². The number of allylic oxidation sites excluding steroid dienone is 2. The average Bonchev–Trinajstić information content (AvgIpc) is 2.62. The molecule has 5 nitrogen and oxygen atoms in total. The van der Waals surface area contributed by atoms with Crippen LogP contribution in [0.4, 0.5) is 0 Å². The van der Waals surface area contributed by atoms with Crippen LogP contribution in [0.1, 0.15) is 104 Å². The molecular weight excluding hydrogens is 342 g/mol. The Morgan fingerprint density at radius 1 is 0.852 bits per heavy atom. The first-order valence-corrected chi connectivity index (χ1v) is 11.0. The molecule has 0 spiro atoms. The van der Waals surface area contributed by atoms with E-state index in [9.17, 15) is 4.79 Å². The van der Waals surface area contributed by atoms with E-state index in [1.54, 1.807) is 0 Å². The first-order valence-electron chi connectivity index (χ1n) is 11.0. The maximum atomic E-state index is 11.3. The van der Waals surface area contributed by atoms with E-state index in [1.165, 1.54) is 77.0 Å². The summed E-state index contributed by atoms with van der Waals surface area (Å²) in [6.07, 6.45) is 22.1. The first kappa shape index (κ1) is 26.1. The fraction of sp³-hybridized carbons (Fsp3) is 0.864. The molecule has 0 saturated heterocycles. The van der Waals surface area contributed by atoms with Gasteiger partial charge >= 0.3 is 5.97 Å². The highest BCUT2D eigenvalue weighted by Crippen LogP contribution is 2.10. The smallest absolute Gasteiger partial charge is 0.320 e. The molecule has 3 N–H and O–H groups in total. The molecule has 160 valence electrons. The molecule has 0 unspecified atom stereocenters. The quantitative estimate of drug-likeness (QED) is 0.129. The lowest BCUT2D eigenvalue weighted by Gasteiger charge is -2.16. The lowest BCUT2D eigenvalue weighted by Crippen LogP contribution is -2.44. The van der Waals surface area contributed by atoms with Crippen molar-refractivity contribution in [1.29, 1.82) is 0 Å². The Morgan fingerprint density at radius 3 is 1.85 bits per heavy atom. The van der Waals surface area contributed by atoms with Gasteiger partial charge in [0.2, 0.25) is 5.91 Å². The van der Waals surface area contributed by atoms with Crippen molar-refractivity contribution in [1.82, 2.24) is 5.32 Å². The van der Waals surface area contributed by atoms with Gasteiger partial charge in [-0.2, -0.15) is 0 Å². The van der Waals surface area contributed by atoms with Gasteiger partial charge in [-0.25, -0.2) is 0 Å². The molecule has 0 rings (SSSR count). The van der Waals surface area contributed by atoms with Crippen LogP contribution in [0.25, 0.3) is 0 Å². The zero-order chi connectivity index (χ0) is 20.2. The second-order valence-electron chi connectivity index (χ2n) is 7.53. The van der Waals surface area contributed by atoms with Crippen molar-refractivity contribution in [3.05, 3.63) is 12.2 Å². The summed E-state index contributed by atoms with van der Waals surface area (Å²) in [5.41, 5.74) is 0. The van der Waals surface area contributed by atoms with Crippen molar-refractivity contribution >= 4 is 5.97 Å². The van der Waals surface area contributed by atoms with Crippen LogP contribution in [0.15, 0.2) is 12.2 Å². The van der Waals surface area contributed by atoms with Crippen molar-refractivity contribution in [3.8, 4) is 0 Å². The lowest BCUT2D eigenvalue weighted by atomic mass is 10.1. The van der Waals surface area contributed by atoms with Crippen LogP contribution in [0.3, 0.4) is 0 Å². The standard InChI is InChI=1S/C22H43NO4/c1-3-4-5-6-7-8-9-10-11-12-13-14-15-16-17-18-19-27-21(24)20-23-22(2,25)26/h10-11,23,25-26H,3-9,12-20H2,1-2H3. The number of ether oxygens (including phenoxy) is 1. The summed E-state index contributed by atoms with van der Waals surface area (Å²) in [6.45, 7) is 3.62. The van der Waals surface area contributed by atoms with E-state index in [4.69, 9.17) is 14.9 Å². The van der Waals surface area contributed by atoms with Gasteiger partial charge in [0.1, 0.15) is 0 Å². The van der Waals surface area contributed by atoms with Crippen molar-refractivity contribution in [2.45, 2.75) is 110 Å². The normalized spacial score (nSPS) is 12.0. The van der Waals surface area contributed by atoms with Crippen molar-refractivity contribution in [2.24, 2.45) is 0 Å². The number of esters is 1. The third-order valence-electron chi connectivity index (χ3n) is 4.49. The van der Waals surface area contributed by atoms with Gasteiger partial charge in [0.05, 0.1) is 13.2 Å². The Hall–Kier alpha value is -0.910. The van der Waals surface area contributed by atoms with Crippen LogP contribution >= 0.6 is 0 Å². The predicted molar refractivity (Wildman–Crippen MR) is 111 cm³/mol. The summed E-state index contributed by atoms with van der Waals surface area (Å²) >= 11 is 0. The van der Waals surface area contributed by atoms with E-state index in [0.29, 0.717) is 6.61 Å². The zero-order valence-electron chi connectivity index (χ0n) is 17.7. The molecule has 0 aromatic carbocycles. The second kappa shape index (κ2) is 18.5. The van der Waals surface area contributed by atoms with Crippen LogP contribution in [0.5, 0.6) is 0 Å². The van der Waals surface area contributed by atoms with Crippen molar-refractivity contribution < 1.29 is 19.7 Å². The summed E-state index contributed by atoms with van der Waals surface area (Å²) in [5, 5.41) is 20.3. The van der Waals surface area contributed by atoms with Gasteiger partial charge < -0.3 is 14.9 Å². The average molecular weight is 386 g/mol. The third-order valence-corrected chi connectivity index (χ3v) is 4.49. The Bertz CT molecular complexity index is 364. The molecule has 0 aliphatic carbocycles. The minimum Gasteiger partial charge on any atom is -0.465 e. The molecule has 27 heavy (non-hydrogen) atoms. The number of hydrogen-bond donors (Lipinski definition) is 3. The Balaban J connectivity index is 3.22. The number of hydrogen-bond acceptors (Lipinski definition) is 5. The second-order valence-corrected chi connectivity index (χ2v) is 7.53. The van der Waals surface area contributed by atoms with Gasteiger partial charge in [-0.3, -0.25) is 10.1 Å². The summed E-state index contributed by atoms with van der Waals surface area (Å²) in [4.78, 5) is 11.3. The van der Waals surface area contributed by atoms with Gasteiger partial charge in [-0.1, -0.05) is 76.9 Å². The molecule has 0 radical (unpaired) electrons. The van der Waals surface area contributed by atoms with Gasteiger partial charge in [-0.05, 0) is 32.1 Å². The number of unbranched alkanes of at least 4 members (excludes halogenated alkanes) is 12. The van der Waals surface area contributed by atoms with E-state index in [2.05, 4.69) is 24.4 Å². The number of nitrogens with one attached hydrogen (secondary N) is 1. The minimum absolute atomic E-state index is 0.199. The highest BCUT2D eigenvalue weighted by atomic mass is 16.5. The molecule has 0 heterocycles. The molecule has 5 heteroatoms. The molecule has 0 atom stereocenters. The number of carbonyl (C=O) groups excluding carboxylic acids is 1. The molecule has 0 amide bonds. The largest absolute Gasteiger partial charge is 0.465 e. The van der Waals surface area contributed by atoms with Gasteiger partial charge in [0.25, 0.3) is 0 Å². The number of carbonyl (C=O) groups is 1. The maximum Gasteiger partial charge on any atom is 0.320 e. The number of rotatable bonds is 19. The van der Waals surface area contributed by atoms with Crippen LogP contribution in [0.2, 0.25) is 0 Å². The SMILES string of the molecule is CCCCCCCCC=CCCCCCCCCOC(=O)CNC(C)(O)O. The topological polar surface area (TPSA) is 78.8 Å². The van der Waals surface area contributed by atoms with Crippen LogP contribution < -0.4 is 5.32 Å². The van der Waals surface area contributed by atoms with Crippen LogP contribution in [-0.4, -0.2) is 35.2 Å². The minimum atomic E-state index is -2.04. The molecular formula is C22H43NO4. The van der Waals surface area contributed by atoms with E-state index in [0.717, 1.165) is 19.8 Å². The first-order chi connectivity index (χ1) is 13.0. The summed E-state index contributed by atoms with van der Waals surface area (Å²) < 4.78 is 5.02. The highest BCUT2D eigenvalue weighted by Gasteiger charge is 2.15. The molecule has 0 bridgehead atoms. The Labute approximate surface area is 166 Å². The lowest BCUT2D eigenvalue weighted by molar-refractivity contribution is -0.176. The van der Waals surface area contributed by atoms with Gasteiger partial charge in [0, 0.05) is 6.92 Å². The van der Waals surface area contributed by atoms with Crippen molar-refractivity contribution in [3.63, 3.8) is 0 Å². The van der Waals surface area contributed by atoms with E-state index in [1.807, 2.05) is 0 Å². The molecule has 0 aromatic rings. The van der Waals surface area contributed by atoms with Crippen molar-refractivity contribution in [2.75, 3.05) is 13.2 Å². The van der Waals surface area contributed by atoms with E-state index < -0.39 is 11.9 Å². The summed E-state index contributed by atoms with van der Waals surface area (Å²) in [5.74, 6) is -2.50. The predicted octanol–water partition coefficient (Wildman–Crippen LogP) is 4.82. The fourth-order valence-electron chi connectivity index (χ4n) is 2.83. The van der Waals surface area contributed by atoms with Crippen LogP contribution in [0, 0.1) is 0 Å². The Morgan fingerprint density at radius 2 is 1.33 bits per heavy atom. The molecule has 0 aromatic heterocycles. The monoisotopic (exact) mass is 385 g/mol. The molecule has 0 aliphatic rings. The van der Waals surface area contributed by atoms with Crippen LogP contribution in [-0.2, 0) is 9.53 Å². The molecule has 0 saturated carbocycles. The van der Waals surface area contributed by atoms with Gasteiger partial charge in [0.15, 0.2) is 0 Å².